The lowest BCUT2D eigenvalue weighted by Gasteiger charge is -1.92. The molecular weight excluding hydrogens is 128 g/mol. The number of ether oxygens (including phenoxy) is 1. The summed E-state index contributed by atoms with van der Waals surface area (Å²) in [4.78, 5) is 3.68. The first-order valence-electron chi connectivity index (χ1n) is 2.56. The Balaban J connectivity index is 2.06. The van der Waals surface area contributed by atoms with Gasteiger partial charge in [-0.15, -0.1) is 0 Å². The molecule has 0 saturated carbocycles. The molecule has 0 aromatic rings. The molecule has 0 aliphatic carbocycles. The molecule has 1 aliphatic rings. The molecule has 0 unspecified atom stereocenters. The van der Waals surface area contributed by atoms with Crippen molar-refractivity contribution >= 4 is 0 Å². The van der Waals surface area contributed by atoms with Crippen LogP contribution in [0.1, 0.15) is 6.42 Å². The third kappa shape index (κ3) is 1.60. The van der Waals surface area contributed by atoms with Crippen LogP contribution in [0.4, 0.5) is 0 Å². The van der Waals surface area contributed by atoms with Gasteiger partial charge in [0.2, 0.25) is 0 Å². The highest BCUT2D eigenvalue weighted by molar-refractivity contribution is 4.81. The SMILES string of the molecule is OOCC[C@H]1OC1(O)O. The van der Waals surface area contributed by atoms with Crippen molar-refractivity contribution in [1.82, 2.24) is 0 Å². The lowest BCUT2D eigenvalue weighted by atomic mass is 10.3. The van der Waals surface area contributed by atoms with Crippen LogP contribution in [0.15, 0.2) is 0 Å². The van der Waals surface area contributed by atoms with Gasteiger partial charge in [0, 0.05) is 6.42 Å². The van der Waals surface area contributed by atoms with Crippen molar-refractivity contribution in [2.75, 3.05) is 6.61 Å². The highest BCUT2D eigenvalue weighted by Crippen LogP contribution is 2.32. The van der Waals surface area contributed by atoms with E-state index < -0.39 is 12.1 Å². The van der Waals surface area contributed by atoms with Gasteiger partial charge in [0.25, 0.3) is 0 Å². The summed E-state index contributed by atoms with van der Waals surface area (Å²) in [6.07, 6.45) is -0.326. The Hall–Kier alpha value is -0.200. The van der Waals surface area contributed by atoms with Gasteiger partial charge in [0.05, 0.1) is 6.61 Å². The molecule has 1 atom stereocenters. The Bertz CT molecular complexity index is 101. The van der Waals surface area contributed by atoms with Gasteiger partial charge in [-0.2, -0.15) is 0 Å². The van der Waals surface area contributed by atoms with Crippen LogP contribution in [0.3, 0.4) is 0 Å². The van der Waals surface area contributed by atoms with Gasteiger partial charge in [-0.05, 0) is 0 Å². The molecule has 54 valence electrons. The molecule has 0 bridgehead atoms. The summed E-state index contributed by atoms with van der Waals surface area (Å²) in [5, 5.41) is 24.8. The van der Waals surface area contributed by atoms with Gasteiger partial charge >= 0.3 is 5.97 Å². The van der Waals surface area contributed by atoms with Crippen LogP contribution in [0.25, 0.3) is 0 Å². The highest BCUT2D eigenvalue weighted by atomic mass is 17.1. The molecule has 1 heterocycles. The van der Waals surface area contributed by atoms with Crippen molar-refractivity contribution < 1.29 is 25.1 Å². The molecule has 5 heteroatoms. The lowest BCUT2D eigenvalue weighted by molar-refractivity contribution is -0.243. The fourth-order valence-electron chi connectivity index (χ4n) is 0.582. The molecule has 1 aliphatic heterocycles. The summed E-state index contributed by atoms with van der Waals surface area (Å²) in [6, 6.07) is 0. The zero-order chi connectivity index (χ0) is 6.91. The van der Waals surface area contributed by atoms with Crippen molar-refractivity contribution in [1.29, 1.82) is 0 Å². The summed E-state index contributed by atoms with van der Waals surface area (Å²) in [5.74, 6) is -1.97. The molecule has 0 radical (unpaired) electrons. The Morgan fingerprint density at radius 2 is 2.11 bits per heavy atom. The topological polar surface area (TPSA) is 82.5 Å². The van der Waals surface area contributed by atoms with Gasteiger partial charge in [0.15, 0.2) is 0 Å². The average Bonchev–Trinajstić information content (AvgIpc) is 2.35. The van der Waals surface area contributed by atoms with Crippen molar-refractivity contribution in [3.63, 3.8) is 0 Å². The number of hydrogen-bond acceptors (Lipinski definition) is 5. The fourth-order valence-corrected chi connectivity index (χ4v) is 0.582. The monoisotopic (exact) mass is 136 g/mol. The van der Waals surface area contributed by atoms with Crippen molar-refractivity contribution in [2.45, 2.75) is 18.5 Å². The van der Waals surface area contributed by atoms with Gasteiger partial charge in [0.1, 0.15) is 6.10 Å². The number of rotatable bonds is 3. The molecule has 5 nitrogen and oxygen atoms in total. The van der Waals surface area contributed by atoms with Gasteiger partial charge in [-0.25, -0.2) is 4.89 Å². The maximum absolute atomic E-state index is 8.51. The molecular formula is C4H8O5. The highest BCUT2D eigenvalue weighted by Gasteiger charge is 2.54. The molecule has 1 fully saturated rings. The molecule has 3 N–H and O–H groups in total. The Morgan fingerprint density at radius 3 is 2.44 bits per heavy atom. The van der Waals surface area contributed by atoms with Crippen LogP contribution in [-0.4, -0.2) is 34.2 Å². The number of hydrogen-bond donors (Lipinski definition) is 3. The standard InChI is InChI=1S/C4H8O5/c5-4(6)3(9-4)1-2-8-7/h3,5-7H,1-2H2/t3-/m1/s1. The predicted octanol–water partition coefficient (Wildman–Crippen LogP) is -1.10. The van der Waals surface area contributed by atoms with Crippen molar-refractivity contribution in [3.05, 3.63) is 0 Å². The van der Waals surface area contributed by atoms with Crippen LogP contribution in [0.2, 0.25) is 0 Å². The molecule has 0 aromatic heterocycles. The first-order chi connectivity index (χ1) is 4.17. The van der Waals surface area contributed by atoms with Crippen LogP contribution >= 0.6 is 0 Å². The lowest BCUT2D eigenvalue weighted by Crippen LogP contribution is -2.13. The first kappa shape index (κ1) is 6.91. The molecule has 9 heavy (non-hydrogen) atoms. The zero-order valence-corrected chi connectivity index (χ0v) is 4.65. The van der Waals surface area contributed by atoms with E-state index in [1.807, 2.05) is 0 Å². The van der Waals surface area contributed by atoms with Gasteiger partial charge in [-0.3, -0.25) is 5.26 Å². The third-order valence-corrected chi connectivity index (χ3v) is 1.15. The van der Waals surface area contributed by atoms with E-state index in [2.05, 4.69) is 9.62 Å². The van der Waals surface area contributed by atoms with E-state index in [0.717, 1.165) is 0 Å². The van der Waals surface area contributed by atoms with E-state index in [0.29, 0.717) is 0 Å². The van der Waals surface area contributed by atoms with E-state index in [4.69, 9.17) is 15.5 Å². The molecule has 1 rings (SSSR count). The maximum Gasteiger partial charge on any atom is 0.306 e. The minimum Gasteiger partial charge on any atom is -0.341 e. The second-order valence-electron chi connectivity index (χ2n) is 1.89. The average molecular weight is 136 g/mol. The Labute approximate surface area is 51.4 Å². The third-order valence-electron chi connectivity index (χ3n) is 1.15. The van der Waals surface area contributed by atoms with E-state index in [9.17, 15) is 0 Å². The summed E-state index contributed by atoms with van der Waals surface area (Å²) in [6.45, 7) is 0.0491. The Kier molecular flexibility index (Phi) is 1.69. The number of epoxide rings is 1. The van der Waals surface area contributed by atoms with Gasteiger partial charge in [-0.1, -0.05) is 0 Å². The number of aliphatic hydroxyl groups is 2. The summed E-state index contributed by atoms with van der Waals surface area (Å²) in [5.41, 5.74) is 0. The van der Waals surface area contributed by atoms with Crippen molar-refractivity contribution in [2.24, 2.45) is 0 Å². The van der Waals surface area contributed by atoms with E-state index >= 15 is 0 Å². The maximum atomic E-state index is 8.51. The second-order valence-corrected chi connectivity index (χ2v) is 1.89. The summed E-state index contributed by atoms with van der Waals surface area (Å²) < 4.78 is 4.33. The normalized spacial score (nSPS) is 30.3. The molecule has 0 aromatic carbocycles. The van der Waals surface area contributed by atoms with Crippen LogP contribution in [-0.2, 0) is 9.62 Å². The quantitative estimate of drug-likeness (QED) is 0.198. The largest absolute Gasteiger partial charge is 0.341 e. The van der Waals surface area contributed by atoms with Crippen LogP contribution in [0.5, 0.6) is 0 Å². The minimum atomic E-state index is -1.97. The first-order valence-corrected chi connectivity index (χ1v) is 2.56. The molecule has 0 spiro atoms. The predicted molar refractivity (Wildman–Crippen MR) is 25.2 cm³/mol. The zero-order valence-electron chi connectivity index (χ0n) is 4.65. The fraction of sp³-hybridized carbons (Fsp3) is 1.00. The summed E-state index contributed by atoms with van der Waals surface area (Å²) in [7, 11) is 0. The second kappa shape index (κ2) is 2.20. The molecule has 0 amide bonds. The smallest absolute Gasteiger partial charge is 0.306 e. The van der Waals surface area contributed by atoms with E-state index in [1.54, 1.807) is 0 Å². The van der Waals surface area contributed by atoms with E-state index in [-0.39, 0.29) is 13.0 Å². The van der Waals surface area contributed by atoms with Gasteiger partial charge < -0.3 is 14.9 Å². The van der Waals surface area contributed by atoms with Crippen molar-refractivity contribution in [3.8, 4) is 0 Å². The summed E-state index contributed by atoms with van der Waals surface area (Å²) >= 11 is 0. The van der Waals surface area contributed by atoms with Crippen LogP contribution < -0.4 is 0 Å². The Morgan fingerprint density at radius 1 is 1.56 bits per heavy atom. The minimum absolute atomic E-state index is 0.0491. The van der Waals surface area contributed by atoms with Crippen LogP contribution in [0, 0.1) is 0 Å². The van der Waals surface area contributed by atoms with E-state index in [1.165, 1.54) is 0 Å². The molecule has 1 saturated heterocycles.